The fourth-order valence-electron chi connectivity index (χ4n) is 2.10. The Morgan fingerprint density at radius 3 is 1.94 bits per heavy atom. The summed E-state index contributed by atoms with van der Waals surface area (Å²) in [6.45, 7) is 2.01. The van der Waals surface area contributed by atoms with Crippen LogP contribution in [0.15, 0.2) is 36.4 Å². The minimum Gasteiger partial charge on any atom is -0.171 e. The number of hydrogen-bond acceptors (Lipinski definition) is 0. The van der Waals surface area contributed by atoms with Crippen molar-refractivity contribution in [2.45, 2.75) is 25.9 Å². The van der Waals surface area contributed by atoms with Crippen molar-refractivity contribution in [2.24, 2.45) is 0 Å². The number of fused-ring (bicyclic) bond motifs is 1. The molecule has 2 rings (SSSR count). The monoisotopic (exact) mass is 238 g/mol. The van der Waals surface area contributed by atoms with Crippen LogP contribution in [0.25, 0.3) is 10.8 Å². The smallest absolute Gasteiger partial charge is 0.171 e. The van der Waals surface area contributed by atoms with Gasteiger partial charge in [-0.05, 0) is 28.3 Å². The van der Waals surface area contributed by atoms with Gasteiger partial charge in [-0.3, -0.25) is 0 Å². The topological polar surface area (TPSA) is 0 Å². The molecule has 0 aliphatic heterocycles. The summed E-state index contributed by atoms with van der Waals surface area (Å²) in [6.07, 6.45) is -4.19. The molecule has 0 heterocycles. The lowest BCUT2D eigenvalue weighted by molar-refractivity contribution is -0.126. The average molecular weight is 238 g/mol. The summed E-state index contributed by atoms with van der Waals surface area (Å²) in [5.41, 5.74) is 1.44. The first-order valence-electron chi connectivity index (χ1n) is 5.57. The zero-order valence-corrected chi connectivity index (χ0v) is 9.51. The summed E-state index contributed by atoms with van der Waals surface area (Å²) in [6, 6.07) is 10.7. The molecule has 0 N–H and O–H groups in total. The van der Waals surface area contributed by atoms with Gasteiger partial charge in [-0.2, -0.15) is 13.2 Å². The first-order valence-corrected chi connectivity index (χ1v) is 5.57. The normalized spacial score (nSPS) is 12.0. The van der Waals surface area contributed by atoms with E-state index in [1.807, 2.05) is 19.1 Å². The van der Waals surface area contributed by atoms with E-state index < -0.39 is 12.6 Å². The molecule has 0 aromatic heterocycles. The molecule has 0 amide bonds. The van der Waals surface area contributed by atoms with Gasteiger partial charge in [0.05, 0.1) is 6.42 Å². The lowest BCUT2D eigenvalue weighted by Gasteiger charge is -2.12. The van der Waals surface area contributed by atoms with Crippen molar-refractivity contribution in [3.05, 3.63) is 47.5 Å². The second kappa shape index (κ2) is 4.40. The molecule has 0 radical (unpaired) electrons. The lowest BCUT2D eigenvalue weighted by Crippen LogP contribution is -2.11. The fraction of sp³-hybridized carbons (Fsp3) is 0.286. The van der Waals surface area contributed by atoms with Gasteiger partial charge in [-0.15, -0.1) is 0 Å². The third-order valence-corrected chi connectivity index (χ3v) is 2.88. The SMILES string of the molecule is CCc1ccc(CC(F)(F)F)c2ccccc12. The first kappa shape index (κ1) is 12.0. The molecule has 90 valence electrons. The molecule has 0 nitrogen and oxygen atoms in total. The van der Waals surface area contributed by atoms with Crippen LogP contribution in [0.4, 0.5) is 13.2 Å². The second-order valence-corrected chi connectivity index (χ2v) is 4.07. The van der Waals surface area contributed by atoms with Crippen LogP contribution in [0, 0.1) is 0 Å². The van der Waals surface area contributed by atoms with E-state index in [1.165, 1.54) is 0 Å². The van der Waals surface area contributed by atoms with Crippen molar-refractivity contribution < 1.29 is 13.2 Å². The Balaban J connectivity index is 2.59. The highest BCUT2D eigenvalue weighted by atomic mass is 19.4. The number of benzene rings is 2. The number of rotatable bonds is 2. The zero-order valence-electron chi connectivity index (χ0n) is 9.51. The predicted molar refractivity (Wildman–Crippen MR) is 63.1 cm³/mol. The Morgan fingerprint density at radius 1 is 0.882 bits per heavy atom. The maximum Gasteiger partial charge on any atom is 0.393 e. The van der Waals surface area contributed by atoms with Gasteiger partial charge in [0.25, 0.3) is 0 Å². The standard InChI is InChI=1S/C14H13F3/c1-2-10-7-8-11(9-14(15,16)17)13-6-4-3-5-12(10)13/h3-8H,2,9H2,1H3. The van der Waals surface area contributed by atoms with Gasteiger partial charge >= 0.3 is 6.18 Å². The molecule has 0 aliphatic carbocycles. The van der Waals surface area contributed by atoms with E-state index >= 15 is 0 Å². The molecule has 2 aromatic rings. The van der Waals surface area contributed by atoms with Crippen LogP contribution in [0.3, 0.4) is 0 Å². The van der Waals surface area contributed by atoms with Crippen molar-refractivity contribution in [3.63, 3.8) is 0 Å². The van der Waals surface area contributed by atoms with Crippen LogP contribution in [0.5, 0.6) is 0 Å². The van der Waals surface area contributed by atoms with E-state index in [2.05, 4.69) is 0 Å². The van der Waals surface area contributed by atoms with Gasteiger partial charge in [-0.25, -0.2) is 0 Å². The minimum atomic E-state index is -4.16. The van der Waals surface area contributed by atoms with Gasteiger partial charge in [0, 0.05) is 0 Å². The highest BCUT2D eigenvalue weighted by Crippen LogP contribution is 2.28. The third-order valence-electron chi connectivity index (χ3n) is 2.88. The zero-order chi connectivity index (χ0) is 12.5. The molecule has 0 aliphatic rings. The Bertz CT molecular complexity index is 526. The van der Waals surface area contributed by atoms with Crippen molar-refractivity contribution in [2.75, 3.05) is 0 Å². The molecule has 2 aromatic carbocycles. The summed E-state index contributed by atoms with van der Waals surface area (Å²) >= 11 is 0. The van der Waals surface area contributed by atoms with E-state index in [9.17, 15) is 13.2 Å². The largest absolute Gasteiger partial charge is 0.393 e. The summed E-state index contributed by atoms with van der Waals surface area (Å²) in [7, 11) is 0. The van der Waals surface area contributed by atoms with E-state index in [4.69, 9.17) is 0 Å². The quantitative estimate of drug-likeness (QED) is 0.722. The molecule has 0 saturated heterocycles. The van der Waals surface area contributed by atoms with Gasteiger partial charge in [-0.1, -0.05) is 43.3 Å². The molecule has 0 saturated carbocycles. The van der Waals surface area contributed by atoms with Gasteiger partial charge in [0.15, 0.2) is 0 Å². The molecule has 0 unspecified atom stereocenters. The molecule has 0 atom stereocenters. The van der Waals surface area contributed by atoms with Gasteiger partial charge in [0.2, 0.25) is 0 Å². The molecular weight excluding hydrogens is 225 g/mol. The summed E-state index contributed by atoms with van der Waals surface area (Å²) in [5, 5.41) is 1.64. The highest BCUT2D eigenvalue weighted by Gasteiger charge is 2.28. The van der Waals surface area contributed by atoms with Crippen LogP contribution in [-0.4, -0.2) is 6.18 Å². The van der Waals surface area contributed by atoms with Crippen LogP contribution in [-0.2, 0) is 12.8 Å². The Labute approximate surface area is 98.1 Å². The number of alkyl halides is 3. The fourth-order valence-corrected chi connectivity index (χ4v) is 2.10. The third kappa shape index (κ3) is 2.60. The minimum absolute atomic E-state index is 0.352. The van der Waals surface area contributed by atoms with Crippen molar-refractivity contribution in [1.82, 2.24) is 0 Å². The van der Waals surface area contributed by atoms with Crippen LogP contribution in [0.1, 0.15) is 18.1 Å². The van der Waals surface area contributed by atoms with Crippen molar-refractivity contribution in [3.8, 4) is 0 Å². The summed E-state index contributed by atoms with van der Waals surface area (Å²) < 4.78 is 37.4. The number of hydrogen-bond donors (Lipinski definition) is 0. The summed E-state index contributed by atoms with van der Waals surface area (Å²) in [5.74, 6) is 0. The van der Waals surface area contributed by atoms with E-state index in [0.717, 1.165) is 17.4 Å². The van der Waals surface area contributed by atoms with Gasteiger partial charge in [0.1, 0.15) is 0 Å². The number of aryl methyl sites for hydroxylation is 1. The molecule has 3 heteroatoms. The Hall–Kier alpha value is -1.51. The molecular formula is C14H13F3. The van der Waals surface area contributed by atoms with E-state index in [-0.39, 0.29) is 0 Å². The average Bonchev–Trinajstić information content (AvgIpc) is 2.28. The molecule has 0 fully saturated rings. The summed E-state index contributed by atoms with van der Waals surface area (Å²) in [4.78, 5) is 0. The molecule has 0 bridgehead atoms. The lowest BCUT2D eigenvalue weighted by atomic mass is 9.96. The van der Waals surface area contributed by atoms with Crippen molar-refractivity contribution in [1.29, 1.82) is 0 Å². The van der Waals surface area contributed by atoms with E-state index in [1.54, 1.807) is 24.3 Å². The van der Waals surface area contributed by atoms with Crippen LogP contribution >= 0.6 is 0 Å². The Morgan fingerprint density at radius 2 is 1.41 bits per heavy atom. The number of halogens is 3. The molecule has 0 spiro atoms. The Kier molecular flexibility index (Phi) is 3.09. The second-order valence-electron chi connectivity index (χ2n) is 4.07. The first-order chi connectivity index (χ1) is 8.01. The highest BCUT2D eigenvalue weighted by molar-refractivity contribution is 5.88. The van der Waals surface area contributed by atoms with E-state index in [0.29, 0.717) is 10.9 Å². The van der Waals surface area contributed by atoms with Crippen LogP contribution < -0.4 is 0 Å². The maximum atomic E-state index is 12.5. The maximum absolute atomic E-state index is 12.5. The molecule has 17 heavy (non-hydrogen) atoms. The van der Waals surface area contributed by atoms with Crippen molar-refractivity contribution >= 4 is 10.8 Å². The predicted octanol–water partition coefficient (Wildman–Crippen LogP) is 4.51. The van der Waals surface area contributed by atoms with Gasteiger partial charge < -0.3 is 0 Å². The van der Waals surface area contributed by atoms with Crippen LogP contribution in [0.2, 0.25) is 0 Å².